The number of alkyl halides is 3. The van der Waals surface area contributed by atoms with Gasteiger partial charge in [-0.2, -0.15) is 13.2 Å². The molecule has 0 radical (unpaired) electrons. The van der Waals surface area contributed by atoms with Crippen molar-refractivity contribution in [3.8, 4) is 0 Å². The van der Waals surface area contributed by atoms with Gasteiger partial charge in [-0.25, -0.2) is 8.42 Å². The van der Waals surface area contributed by atoms with Crippen molar-refractivity contribution in [3.05, 3.63) is 35.4 Å². The van der Waals surface area contributed by atoms with Crippen LogP contribution in [0.1, 0.15) is 35.7 Å². The van der Waals surface area contributed by atoms with Crippen LogP contribution in [0.15, 0.2) is 34.5 Å². The lowest BCUT2D eigenvalue weighted by molar-refractivity contribution is -0.166. The second-order valence-electron chi connectivity index (χ2n) is 7.62. The molecule has 2 aliphatic heterocycles. The Labute approximate surface area is 155 Å². The predicted molar refractivity (Wildman–Crippen MR) is 92.0 cm³/mol. The van der Waals surface area contributed by atoms with Gasteiger partial charge in [0.1, 0.15) is 9.84 Å². The van der Waals surface area contributed by atoms with E-state index in [9.17, 15) is 26.4 Å². The first-order valence-electron chi connectivity index (χ1n) is 8.44. The van der Waals surface area contributed by atoms with Crippen molar-refractivity contribution in [1.29, 1.82) is 0 Å². The molecule has 1 saturated heterocycles. The molecule has 0 spiro atoms. The summed E-state index contributed by atoms with van der Waals surface area (Å²) < 4.78 is 62.2. The minimum Gasteiger partial charge on any atom is -0.339 e. The third-order valence-electron chi connectivity index (χ3n) is 5.10. The van der Waals surface area contributed by atoms with Crippen molar-refractivity contribution >= 4 is 15.7 Å². The summed E-state index contributed by atoms with van der Waals surface area (Å²) >= 11 is 0. The summed E-state index contributed by atoms with van der Waals surface area (Å²) in [5, 5.41) is 6.28. The first-order valence-corrected chi connectivity index (χ1v) is 10.5. The van der Waals surface area contributed by atoms with Crippen molar-refractivity contribution < 1.29 is 26.4 Å². The number of hydrogen-bond donors (Lipinski definition) is 0. The highest BCUT2D eigenvalue weighted by atomic mass is 32.2. The van der Waals surface area contributed by atoms with Gasteiger partial charge in [-0.1, -0.05) is 19.1 Å². The molecule has 0 saturated carbocycles. The van der Waals surface area contributed by atoms with Gasteiger partial charge in [0, 0.05) is 30.5 Å². The molecule has 0 aromatic heterocycles. The minimum absolute atomic E-state index is 0.0727. The first-order chi connectivity index (χ1) is 12.4. The zero-order chi connectivity index (χ0) is 20.1. The van der Waals surface area contributed by atoms with Gasteiger partial charge < -0.3 is 4.90 Å². The first kappa shape index (κ1) is 19.8. The fraction of sp³-hybridized carbons (Fsp3) is 0.588. The molecule has 6 nitrogen and oxygen atoms in total. The van der Waals surface area contributed by atoms with Gasteiger partial charge in [-0.05, 0) is 30.4 Å². The highest BCUT2D eigenvalue weighted by Gasteiger charge is 2.65. The summed E-state index contributed by atoms with van der Waals surface area (Å²) in [5.41, 5.74) is -2.70. The number of carbonyl (C=O) groups is 1. The standard InChI is InChI=1S/C17H20F3N3O3S/c1-15(11-27(2,25)26)7-9-23(10-8-15)14(24)12-3-5-13(6-4-12)16(21-22-16)17(18,19)20/h3-6H,7-11H2,1-2H3. The Morgan fingerprint density at radius 2 is 1.67 bits per heavy atom. The second kappa shape index (κ2) is 6.29. The number of carbonyl (C=O) groups excluding carboxylic acids is 1. The summed E-state index contributed by atoms with van der Waals surface area (Å²) in [7, 11) is -3.11. The predicted octanol–water partition coefficient (Wildman–Crippen LogP) is 3.15. The molecule has 0 aliphatic carbocycles. The number of amides is 1. The molecule has 10 heteroatoms. The van der Waals surface area contributed by atoms with E-state index in [2.05, 4.69) is 10.2 Å². The minimum atomic E-state index is -4.60. The van der Waals surface area contributed by atoms with Crippen molar-refractivity contribution in [3.63, 3.8) is 0 Å². The van der Waals surface area contributed by atoms with Crippen LogP contribution >= 0.6 is 0 Å². The SMILES string of the molecule is CC1(CS(C)(=O)=O)CCN(C(=O)c2ccc(C3(C(F)(F)F)N=N3)cc2)CC1. The maximum absolute atomic E-state index is 13.0. The Balaban J connectivity index is 1.66. The lowest BCUT2D eigenvalue weighted by Crippen LogP contribution is -2.44. The number of likely N-dealkylation sites (tertiary alicyclic amines) is 1. The quantitative estimate of drug-likeness (QED) is 0.775. The van der Waals surface area contributed by atoms with E-state index in [0.717, 1.165) is 0 Å². The maximum Gasteiger partial charge on any atom is 0.442 e. The Bertz CT molecular complexity index is 865. The van der Waals surface area contributed by atoms with Gasteiger partial charge in [-0.15, -0.1) is 10.2 Å². The highest BCUT2D eigenvalue weighted by molar-refractivity contribution is 7.90. The Hall–Kier alpha value is -1.97. The Kier molecular flexibility index (Phi) is 4.61. The monoisotopic (exact) mass is 403 g/mol. The normalized spacial score (nSPS) is 21.1. The molecule has 2 aliphatic rings. The van der Waals surface area contributed by atoms with Gasteiger partial charge in [0.25, 0.3) is 5.91 Å². The van der Waals surface area contributed by atoms with Crippen LogP contribution in [0, 0.1) is 5.41 Å². The molecular weight excluding hydrogens is 383 g/mol. The lowest BCUT2D eigenvalue weighted by atomic mass is 9.82. The fourth-order valence-corrected chi connectivity index (χ4v) is 5.05. The summed E-state index contributed by atoms with van der Waals surface area (Å²) in [6.45, 7) is 2.71. The van der Waals surface area contributed by atoms with Gasteiger partial charge in [0.2, 0.25) is 0 Å². The summed E-state index contributed by atoms with van der Waals surface area (Å²) in [6, 6.07) is 5.13. The van der Waals surface area contributed by atoms with Crippen molar-refractivity contribution in [2.24, 2.45) is 15.6 Å². The van der Waals surface area contributed by atoms with E-state index in [1.165, 1.54) is 30.5 Å². The van der Waals surface area contributed by atoms with E-state index in [-0.39, 0.29) is 28.2 Å². The number of hydrogen-bond acceptors (Lipinski definition) is 5. The lowest BCUT2D eigenvalue weighted by Gasteiger charge is -2.39. The molecule has 148 valence electrons. The van der Waals surface area contributed by atoms with E-state index in [0.29, 0.717) is 25.9 Å². The maximum atomic E-state index is 13.0. The van der Waals surface area contributed by atoms with Crippen molar-refractivity contribution in [2.75, 3.05) is 25.1 Å². The number of rotatable bonds is 4. The van der Waals surface area contributed by atoms with Crippen LogP contribution in [0.25, 0.3) is 0 Å². The molecule has 0 bridgehead atoms. The molecule has 1 amide bonds. The van der Waals surface area contributed by atoms with Crippen LogP contribution in [0.3, 0.4) is 0 Å². The van der Waals surface area contributed by atoms with Crippen LogP contribution in [-0.2, 0) is 15.5 Å². The molecular formula is C17H20F3N3O3S. The van der Waals surface area contributed by atoms with Crippen molar-refractivity contribution in [1.82, 2.24) is 4.90 Å². The van der Waals surface area contributed by atoms with Gasteiger partial charge >= 0.3 is 11.8 Å². The van der Waals surface area contributed by atoms with Crippen LogP contribution in [0.5, 0.6) is 0 Å². The van der Waals surface area contributed by atoms with Crippen LogP contribution in [0.4, 0.5) is 13.2 Å². The number of piperidine rings is 1. The number of sulfone groups is 1. The van der Waals surface area contributed by atoms with E-state index in [1.807, 2.05) is 6.92 Å². The fourth-order valence-electron chi connectivity index (χ4n) is 3.50. The number of halogens is 3. The second-order valence-corrected chi connectivity index (χ2v) is 9.76. The van der Waals surface area contributed by atoms with E-state index in [4.69, 9.17) is 0 Å². The molecule has 1 fully saturated rings. The van der Waals surface area contributed by atoms with Gasteiger partial charge in [-0.3, -0.25) is 4.79 Å². The van der Waals surface area contributed by atoms with E-state index >= 15 is 0 Å². The summed E-state index contributed by atoms with van der Waals surface area (Å²) in [6.07, 6.45) is -2.30. The molecule has 2 heterocycles. The molecule has 27 heavy (non-hydrogen) atoms. The average molecular weight is 403 g/mol. The smallest absolute Gasteiger partial charge is 0.339 e. The summed E-state index contributed by atoms with van der Waals surface area (Å²) in [5.74, 6) is -0.211. The highest BCUT2D eigenvalue weighted by Crippen LogP contribution is 2.52. The zero-order valence-corrected chi connectivity index (χ0v) is 15.8. The third-order valence-corrected chi connectivity index (χ3v) is 6.32. The molecule has 0 unspecified atom stereocenters. The Morgan fingerprint density at radius 1 is 1.15 bits per heavy atom. The van der Waals surface area contributed by atoms with Crippen molar-refractivity contribution in [2.45, 2.75) is 31.6 Å². The van der Waals surface area contributed by atoms with Gasteiger partial charge in [0.15, 0.2) is 0 Å². The van der Waals surface area contributed by atoms with Crippen LogP contribution < -0.4 is 0 Å². The summed E-state index contributed by atoms with van der Waals surface area (Å²) in [4.78, 5) is 14.2. The van der Waals surface area contributed by atoms with E-state index < -0.39 is 21.7 Å². The molecule has 0 atom stereocenters. The molecule has 1 aromatic carbocycles. The third kappa shape index (κ3) is 3.99. The molecule has 1 aromatic rings. The Morgan fingerprint density at radius 3 is 2.07 bits per heavy atom. The van der Waals surface area contributed by atoms with Crippen LogP contribution in [0.2, 0.25) is 0 Å². The number of benzene rings is 1. The zero-order valence-electron chi connectivity index (χ0n) is 15.0. The van der Waals surface area contributed by atoms with E-state index in [1.54, 1.807) is 4.90 Å². The van der Waals surface area contributed by atoms with Gasteiger partial charge in [0.05, 0.1) is 5.75 Å². The number of nitrogens with zero attached hydrogens (tertiary/aromatic N) is 3. The molecule has 0 N–H and O–H groups in total. The van der Waals surface area contributed by atoms with Crippen LogP contribution in [-0.4, -0.2) is 50.5 Å². The topological polar surface area (TPSA) is 79.2 Å². The largest absolute Gasteiger partial charge is 0.442 e. The molecule has 3 rings (SSSR count). The average Bonchev–Trinajstić information content (AvgIpc) is 3.34.